The van der Waals surface area contributed by atoms with Crippen LogP contribution in [-0.4, -0.2) is 4.57 Å². The van der Waals surface area contributed by atoms with Crippen molar-refractivity contribution in [2.75, 3.05) is 0 Å². The molecule has 0 spiro atoms. The molecule has 0 unspecified atom stereocenters. The number of nitrogens with zero attached hydrogens (tertiary/aromatic N) is 2. The second-order valence-corrected chi connectivity index (χ2v) is 7.19. The lowest BCUT2D eigenvalue weighted by Crippen LogP contribution is -2.32. The van der Waals surface area contributed by atoms with Crippen molar-refractivity contribution in [1.29, 1.82) is 0 Å². The Kier molecular flexibility index (Phi) is 6.03. The third-order valence-corrected chi connectivity index (χ3v) is 5.60. The molecule has 0 saturated heterocycles. The first-order chi connectivity index (χ1) is 12.2. The SMILES string of the molecule is CCCCCC[n+]1cn(-c2c(CC)ccc3ccccc23)c(Cl)c1Cl. The van der Waals surface area contributed by atoms with E-state index >= 15 is 0 Å². The topological polar surface area (TPSA) is 8.81 Å². The van der Waals surface area contributed by atoms with Crippen molar-refractivity contribution in [3.63, 3.8) is 0 Å². The number of hydrogen-bond acceptors (Lipinski definition) is 0. The van der Waals surface area contributed by atoms with Crippen LogP contribution in [0.25, 0.3) is 16.5 Å². The van der Waals surface area contributed by atoms with Gasteiger partial charge in [0.2, 0.25) is 0 Å². The molecule has 0 aliphatic rings. The van der Waals surface area contributed by atoms with Crippen molar-refractivity contribution in [3.8, 4) is 5.69 Å². The third kappa shape index (κ3) is 3.70. The quantitative estimate of drug-likeness (QED) is 0.335. The predicted octanol–water partition coefficient (Wildman–Crippen LogP) is 6.37. The van der Waals surface area contributed by atoms with Gasteiger partial charge in [0.1, 0.15) is 5.69 Å². The van der Waals surface area contributed by atoms with E-state index in [1.54, 1.807) is 0 Å². The molecule has 132 valence electrons. The Hall–Kier alpha value is -1.51. The van der Waals surface area contributed by atoms with Gasteiger partial charge in [-0.05, 0) is 53.4 Å². The van der Waals surface area contributed by atoms with Gasteiger partial charge in [-0.2, -0.15) is 4.57 Å². The molecule has 0 aliphatic carbocycles. The Morgan fingerprint density at radius 3 is 2.52 bits per heavy atom. The molecule has 1 aromatic heterocycles. The number of benzene rings is 2. The van der Waals surface area contributed by atoms with Gasteiger partial charge in [-0.3, -0.25) is 0 Å². The number of hydrogen-bond donors (Lipinski definition) is 0. The maximum atomic E-state index is 6.63. The fourth-order valence-electron chi connectivity index (χ4n) is 3.35. The second kappa shape index (κ2) is 8.25. The molecule has 0 radical (unpaired) electrons. The minimum Gasteiger partial charge on any atom is -0.219 e. The second-order valence-electron chi connectivity index (χ2n) is 6.47. The first kappa shape index (κ1) is 18.3. The Labute approximate surface area is 160 Å². The smallest absolute Gasteiger partial charge is 0.219 e. The molecule has 1 heterocycles. The van der Waals surface area contributed by atoms with Gasteiger partial charge in [0.05, 0.1) is 6.54 Å². The molecule has 3 rings (SSSR count). The molecular formula is C21H25Cl2N2+. The Morgan fingerprint density at radius 2 is 1.76 bits per heavy atom. The van der Waals surface area contributed by atoms with Gasteiger partial charge >= 0.3 is 0 Å². The summed E-state index contributed by atoms with van der Waals surface area (Å²) in [5.74, 6) is 0. The van der Waals surface area contributed by atoms with Gasteiger partial charge in [0.15, 0.2) is 0 Å². The molecule has 4 heteroatoms. The Balaban J connectivity index is 2.06. The fraction of sp³-hybridized carbons (Fsp3) is 0.381. The van der Waals surface area contributed by atoms with Gasteiger partial charge in [0, 0.05) is 5.39 Å². The monoisotopic (exact) mass is 375 g/mol. The summed E-state index contributed by atoms with van der Waals surface area (Å²) in [7, 11) is 0. The average Bonchev–Trinajstić information content (AvgIpc) is 2.92. The number of unbranched alkanes of at least 4 members (excludes halogenated alkanes) is 3. The number of aromatic nitrogens is 2. The fourth-order valence-corrected chi connectivity index (χ4v) is 3.81. The number of halogens is 2. The minimum absolute atomic E-state index is 0.586. The molecule has 0 saturated carbocycles. The molecule has 3 aromatic rings. The molecular weight excluding hydrogens is 351 g/mol. The third-order valence-electron chi connectivity index (χ3n) is 4.75. The largest absolute Gasteiger partial charge is 0.260 e. The van der Waals surface area contributed by atoms with Gasteiger partial charge in [0.25, 0.3) is 16.6 Å². The van der Waals surface area contributed by atoms with Gasteiger partial charge in [-0.15, -0.1) is 0 Å². The first-order valence-electron chi connectivity index (χ1n) is 9.14. The highest BCUT2D eigenvalue weighted by atomic mass is 35.5. The molecule has 2 nitrogen and oxygen atoms in total. The van der Waals surface area contributed by atoms with Crippen LogP contribution in [0, 0.1) is 0 Å². The summed E-state index contributed by atoms with van der Waals surface area (Å²) in [6.45, 7) is 5.30. The van der Waals surface area contributed by atoms with Crippen molar-refractivity contribution in [3.05, 3.63) is 58.6 Å². The zero-order valence-electron chi connectivity index (χ0n) is 14.9. The van der Waals surface area contributed by atoms with E-state index in [0.717, 1.165) is 25.1 Å². The van der Waals surface area contributed by atoms with Crippen LogP contribution in [0.3, 0.4) is 0 Å². The van der Waals surface area contributed by atoms with Crippen LogP contribution in [0.15, 0.2) is 42.7 Å². The van der Waals surface area contributed by atoms with E-state index in [2.05, 4.69) is 61.1 Å². The highest BCUT2D eigenvalue weighted by Crippen LogP contribution is 2.31. The van der Waals surface area contributed by atoms with Crippen LogP contribution in [0.5, 0.6) is 0 Å². The van der Waals surface area contributed by atoms with E-state index in [1.807, 2.05) is 4.57 Å². The minimum atomic E-state index is 0.586. The van der Waals surface area contributed by atoms with Crippen LogP contribution in [-0.2, 0) is 13.0 Å². The highest BCUT2D eigenvalue weighted by Gasteiger charge is 2.24. The summed E-state index contributed by atoms with van der Waals surface area (Å²) in [5, 5.41) is 3.62. The maximum Gasteiger partial charge on any atom is 0.260 e. The van der Waals surface area contributed by atoms with Crippen molar-refractivity contribution in [1.82, 2.24) is 4.57 Å². The van der Waals surface area contributed by atoms with E-state index in [-0.39, 0.29) is 0 Å². The summed E-state index contributed by atoms with van der Waals surface area (Å²) >= 11 is 13.2. The van der Waals surface area contributed by atoms with Gasteiger partial charge < -0.3 is 0 Å². The normalized spacial score (nSPS) is 11.4. The molecule has 0 aliphatic heterocycles. The van der Waals surface area contributed by atoms with Crippen molar-refractivity contribution < 1.29 is 4.57 Å². The molecule has 0 amide bonds. The molecule has 2 aromatic carbocycles. The average molecular weight is 376 g/mol. The van der Waals surface area contributed by atoms with Crippen LogP contribution >= 0.6 is 23.2 Å². The number of rotatable bonds is 7. The molecule has 0 fully saturated rings. The molecule has 0 bridgehead atoms. The van der Waals surface area contributed by atoms with E-state index in [4.69, 9.17) is 23.2 Å². The van der Waals surface area contributed by atoms with Gasteiger partial charge in [-0.1, -0.05) is 63.1 Å². The number of aryl methyl sites for hydroxylation is 2. The van der Waals surface area contributed by atoms with Crippen molar-refractivity contribution in [2.45, 2.75) is 52.5 Å². The summed E-state index contributed by atoms with van der Waals surface area (Å²) in [5.41, 5.74) is 2.41. The summed E-state index contributed by atoms with van der Waals surface area (Å²) < 4.78 is 4.12. The standard InChI is InChI=1S/C21H25Cl2N2/c1-3-5-6-9-14-24-15-25(21(23)20(24)22)19-16(4-2)12-13-17-10-7-8-11-18(17)19/h7-8,10-13,15H,3-6,9,14H2,1-2H3/q+1. The van der Waals surface area contributed by atoms with Crippen molar-refractivity contribution in [2.24, 2.45) is 0 Å². The zero-order chi connectivity index (χ0) is 17.8. The van der Waals surface area contributed by atoms with Crippen LogP contribution < -0.4 is 4.57 Å². The lowest BCUT2D eigenvalue weighted by molar-refractivity contribution is -0.694. The van der Waals surface area contributed by atoms with E-state index in [9.17, 15) is 0 Å². The maximum absolute atomic E-state index is 6.63. The van der Waals surface area contributed by atoms with E-state index in [0.29, 0.717) is 10.3 Å². The lowest BCUT2D eigenvalue weighted by atomic mass is 10.0. The molecule has 25 heavy (non-hydrogen) atoms. The highest BCUT2D eigenvalue weighted by molar-refractivity contribution is 6.40. The summed E-state index contributed by atoms with van der Waals surface area (Å²) in [6.07, 6.45) is 7.83. The first-order valence-corrected chi connectivity index (χ1v) is 9.89. The predicted molar refractivity (Wildman–Crippen MR) is 107 cm³/mol. The van der Waals surface area contributed by atoms with Gasteiger partial charge in [-0.25, -0.2) is 4.57 Å². The van der Waals surface area contributed by atoms with E-state index < -0.39 is 0 Å². The zero-order valence-corrected chi connectivity index (χ0v) is 16.4. The van der Waals surface area contributed by atoms with E-state index in [1.165, 1.54) is 35.6 Å². The molecule has 0 N–H and O–H groups in total. The Morgan fingerprint density at radius 1 is 0.960 bits per heavy atom. The Bertz CT molecular complexity index is 868. The van der Waals surface area contributed by atoms with Crippen molar-refractivity contribution >= 4 is 34.0 Å². The summed E-state index contributed by atoms with van der Waals surface area (Å²) in [6, 6.07) is 12.8. The number of fused-ring (bicyclic) bond motifs is 1. The summed E-state index contributed by atoms with van der Waals surface area (Å²) in [4.78, 5) is 0. The lowest BCUT2D eigenvalue weighted by Gasteiger charge is -2.09. The van der Waals surface area contributed by atoms with Crippen LogP contribution in [0.2, 0.25) is 10.3 Å². The molecule has 0 atom stereocenters. The van der Waals surface area contributed by atoms with Crippen LogP contribution in [0.4, 0.5) is 0 Å². The van der Waals surface area contributed by atoms with Crippen LogP contribution in [0.1, 0.15) is 45.1 Å². The number of imidazole rings is 1.